The third-order valence-corrected chi connectivity index (χ3v) is 3.36. The van der Waals surface area contributed by atoms with Crippen LogP contribution in [-0.2, 0) is 0 Å². The van der Waals surface area contributed by atoms with E-state index in [4.69, 9.17) is 0 Å². The molecule has 0 saturated carbocycles. The third-order valence-electron chi connectivity index (χ3n) is 3.36. The molecule has 0 bridgehead atoms. The van der Waals surface area contributed by atoms with Crippen molar-refractivity contribution in [2.75, 3.05) is 0 Å². The van der Waals surface area contributed by atoms with Gasteiger partial charge in [-0.25, -0.2) is 4.98 Å². The topological polar surface area (TPSA) is 52.1 Å². The van der Waals surface area contributed by atoms with Crippen LogP contribution in [0.5, 0.6) is 5.75 Å². The number of hydrogen-bond acceptors (Lipinski definition) is 4. The van der Waals surface area contributed by atoms with E-state index in [1.807, 2.05) is 0 Å². The summed E-state index contributed by atoms with van der Waals surface area (Å²) >= 11 is 0. The summed E-state index contributed by atoms with van der Waals surface area (Å²) in [7, 11) is 0. The number of alkyl halides is 3. The zero-order valence-electron chi connectivity index (χ0n) is 12.7. The lowest BCUT2D eigenvalue weighted by atomic mass is 10.1. The highest BCUT2D eigenvalue weighted by atomic mass is 19.4. The van der Waals surface area contributed by atoms with Gasteiger partial charge in [0.05, 0.1) is 23.8 Å². The van der Waals surface area contributed by atoms with Crippen LogP contribution in [0.25, 0.3) is 22.5 Å². The average Bonchev–Trinajstić information content (AvgIpc) is 2.61. The van der Waals surface area contributed by atoms with Gasteiger partial charge in [-0.2, -0.15) is 0 Å². The summed E-state index contributed by atoms with van der Waals surface area (Å²) in [5.74, 6) is -0.301. The largest absolute Gasteiger partial charge is 0.573 e. The first-order valence-corrected chi connectivity index (χ1v) is 7.18. The van der Waals surface area contributed by atoms with Crippen molar-refractivity contribution in [3.05, 3.63) is 66.5 Å². The Morgan fingerprint density at radius 1 is 0.846 bits per heavy atom. The van der Waals surface area contributed by atoms with Crippen molar-refractivity contribution >= 4 is 6.29 Å². The van der Waals surface area contributed by atoms with Crippen molar-refractivity contribution in [2.24, 2.45) is 0 Å². The minimum atomic E-state index is -4.73. The number of nitrogens with zero attached hydrogens (tertiary/aromatic N) is 2. The quantitative estimate of drug-likeness (QED) is 0.603. The molecule has 0 aliphatic carbocycles. The molecule has 1 aromatic heterocycles. The van der Waals surface area contributed by atoms with Crippen LogP contribution in [0.4, 0.5) is 13.2 Å². The number of halogens is 3. The second-order valence-corrected chi connectivity index (χ2v) is 5.10. The van der Waals surface area contributed by atoms with Gasteiger partial charge in [-0.1, -0.05) is 31.7 Å². The van der Waals surface area contributed by atoms with Crippen LogP contribution >= 0.6 is 0 Å². The second kappa shape index (κ2) is 7.77. The van der Waals surface area contributed by atoms with E-state index in [1.54, 1.807) is 30.5 Å². The van der Waals surface area contributed by atoms with E-state index < -0.39 is 6.36 Å². The molecule has 0 radical (unpaired) electrons. The van der Waals surface area contributed by atoms with E-state index >= 15 is 0 Å². The Balaban J connectivity index is 0.00000243. The third kappa shape index (κ3) is 4.66. The molecule has 3 rings (SSSR count). The molecule has 3 aromatic rings. The minimum absolute atomic E-state index is 0. The number of aromatic nitrogens is 2. The Kier molecular flexibility index (Phi) is 5.71. The van der Waals surface area contributed by atoms with Crippen molar-refractivity contribution in [1.29, 1.82) is 0 Å². The van der Waals surface area contributed by atoms with E-state index in [-0.39, 0.29) is 13.2 Å². The van der Waals surface area contributed by atoms with Gasteiger partial charge >= 0.3 is 6.36 Å². The SMILES string of the molecule is C.O=Cc1ccc(-c2cncc(-c3ccc(OC(F)(F)F)cc3)n2)cc1. The fourth-order valence-electron chi connectivity index (χ4n) is 2.20. The Labute approximate surface area is 148 Å². The first kappa shape index (κ1) is 19.1. The van der Waals surface area contributed by atoms with E-state index in [2.05, 4.69) is 14.7 Å². The Morgan fingerprint density at radius 2 is 1.35 bits per heavy atom. The number of rotatable bonds is 4. The molecular weight excluding hydrogens is 345 g/mol. The maximum absolute atomic E-state index is 12.2. The molecule has 2 aromatic carbocycles. The van der Waals surface area contributed by atoms with Crippen LogP contribution in [0.2, 0.25) is 0 Å². The van der Waals surface area contributed by atoms with Crippen LogP contribution in [-0.4, -0.2) is 22.6 Å². The molecule has 0 aliphatic rings. The Hall–Kier alpha value is -3.22. The van der Waals surface area contributed by atoms with Gasteiger partial charge in [0.2, 0.25) is 0 Å². The van der Waals surface area contributed by atoms with Crippen molar-refractivity contribution < 1.29 is 22.7 Å². The van der Waals surface area contributed by atoms with Crippen molar-refractivity contribution in [1.82, 2.24) is 9.97 Å². The predicted molar refractivity (Wildman–Crippen MR) is 91.7 cm³/mol. The van der Waals surface area contributed by atoms with Crippen LogP contribution < -0.4 is 4.74 Å². The molecule has 0 N–H and O–H groups in total. The molecule has 1 heterocycles. The lowest BCUT2D eigenvalue weighted by molar-refractivity contribution is -0.274. The van der Waals surface area contributed by atoms with Gasteiger partial charge in [0.15, 0.2) is 0 Å². The molecule has 0 amide bonds. The number of carbonyl (C=O) groups is 1. The summed E-state index contributed by atoms with van der Waals surface area (Å²) in [5.41, 5.74) is 3.03. The maximum Gasteiger partial charge on any atom is 0.573 e. The summed E-state index contributed by atoms with van der Waals surface area (Å²) < 4.78 is 40.4. The molecule has 0 unspecified atom stereocenters. The molecule has 0 atom stereocenters. The number of carbonyl (C=O) groups excluding carboxylic acids is 1. The number of ether oxygens (including phenoxy) is 1. The first-order valence-electron chi connectivity index (χ1n) is 7.18. The summed E-state index contributed by atoms with van der Waals surface area (Å²) in [6, 6.07) is 12.2. The number of aldehydes is 1. The molecular formula is C19H15F3N2O2. The lowest BCUT2D eigenvalue weighted by Gasteiger charge is -2.09. The van der Waals surface area contributed by atoms with Gasteiger partial charge in [-0.15, -0.1) is 13.2 Å². The first-order chi connectivity index (χ1) is 11.9. The van der Waals surface area contributed by atoms with E-state index in [0.717, 1.165) is 11.8 Å². The number of hydrogen-bond donors (Lipinski definition) is 0. The van der Waals surface area contributed by atoms with E-state index in [9.17, 15) is 18.0 Å². The lowest BCUT2D eigenvalue weighted by Crippen LogP contribution is -2.16. The van der Waals surface area contributed by atoms with Crippen LogP contribution in [0.15, 0.2) is 60.9 Å². The predicted octanol–water partition coefficient (Wildman–Crippen LogP) is 5.16. The van der Waals surface area contributed by atoms with Crippen molar-refractivity contribution in [2.45, 2.75) is 13.8 Å². The Bertz CT molecular complexity index is 877. The molecule has 0 fully saturated rings. The maximum atomic E-state index is 12.2. The standard InChI is InChI=1S/C18H11F3N2O2.CH4/c19-18(20,21)25-15-7-5-14(6-8-15)17-10-22-9-16(23-17)13-3-1-12(11-24)2-4-13;/h1-11H;1H4. The van der Waals surface area contributed by atoms with Crippen LogP contribution in [0.1, 0.15) is 17.8 Å². The van der Waals surface area contributed by atoms with E-state index in [0.29, 0.717) is 22.5 Å². The van der Waals surface area contributed by atoms with Gasteiger partial charge in [-0.3, -0.25) is 9.78 Å². The highest BCUT2D eigenvalue weighted by Gasteiger charge is 2.30. The molecule has 26 heavy (non-hydrogen) atoms. The zero-order valence-corrected chi connectivity index (χ0v) is 12.7. The molecule has 7 heteroatoms. The van der Waals surface area contributed by atoms with Gasteiger partial charge in [0, 0.05) is 16.7 Å². The molecule has 4 nitrogen and oxygen atoms in total. The average molecular weight is 360 g/mol. The highest BCUT2D eigenvalue weighted by Crippen LogP contribution is 2.26. The molecule has 0 aliphatic heterocycles. The van der Waals surface area contributed by atoms with Gasteiger partial charge < -0.3 is 4.74 Å². The fourth-order valence-corrected chi connectivity index (χ4v) is 2.20. The van der Waals surface area contributed by atoms with Crippen molar-refractivity contribution in [3.63, 3.8) is 0 Å². The second-order valence-electron chi connectivity index (χ2n) is 5.10. The molecule has 134 valence electrons. The summed E-state index contributed by atoms with van der Waals surface area (Å²) in [4.78, 5) is 19.3. The van der Waals surface area contributed by atoms with Gasteiger partial charge in [-0.05, 0) is 24.3 Å². The smallest absolute Gasteiger partial charge is 0.406 e. The minimum Gasteiger partial charge on any atom is -0.406 e. The van der Waals surface area contributed by atoms with Crippen molar-refractivity contribution in [3.8, 4) is 28.3 Å². The van der Waals surface area contributed by atoms with E-state index in [1.165, 1.54) is 30.5 Å². The molecule has 0 spiro atoms. The highest BCUT2D eigenvalue weighted by molar-refractivity contribution is 5.76. The fraction of sp³-hybridized carbons (Fsp3) is 0.105. The van der Waals surface area contributed by atoms with Crippen LogP contribution in [0, 0.1) is 0 Å². The summed E-state index contributed by atoms with van der Waals surface area (Å²) in [6.45, 7) is 0. The number of benzene rings is 2. The summed E-state index contributed by atoms with van der Waals surface area (Å²) in [6.07, 6.45) is -0.894. The molecule has 0 saturated heterocycles. The monoisotopic (exact) mass is 360 g/mol. The Morgan fingerprint density at radius 3 is 1.81 bits per heavy atom. The van der Waals surface area contributed by atoms with Gasteiger partial charge in [0.25, 0.3) is 0 Å². The zero-order chi connectivity index (χ0) is 17.9. The normalized spacial score (nSPS) is 10.7. The summed E-state index contributed by atoms with van der Waals surface area (Å²) in [5, 5.41) is 0. The van der Waals surface area contributed by atoms with Gasteiger partial charge in [0.1, 0.15) is 12.0 Å². The van der Waals surface area contributed by atoms with Crippen LogP contribution in [0.3, 0.4) is 0 Å².